The quantitative estimate of drug-likeness (QED) is 0.914. The van der Waals surface area contributed by atoms with Gasteiger partial charge in [0.25, 0.3) is 0 Å². The predicted octanol–water partition coefficient (Wildman–Crippen LogP) is 4.09. The van der Waals surface area contributed by atoms with Gasteiger partial charge in [-0.25, -0.2) is 0 Å². The van der Waals surface area contributed by atoms with Gasteiger partial charge >= 0.3 is 0 Å². The monoisotopic (exact) mass is 280 g/mol. The molecule has 110 valence electrons. The average Bonchev–Trinajstić information content (AvgIpc) is 3.05. The molecule has 0 aromatic heterocycles. The van der Waals surface area contributed by atoms with E-state index in [0.29, 0.717) is 5.92 Å². The summed E-state index contributed by atoms with van der Waals surface area (Å²) in [7, 11) is 0. The summed E-state index contributed by atoms with van der Waals surface area (Å²) in [5.41, 5.74) is 10.1. The molecule has 2 atom stereocenters. The zero-order valence-corrected chi connectivity index (χ0v) is 12.7. The second kappa shape index (κ2) is 6.31. The first-order chi connectivity index (χ1) is 10.3. The van der Waals surface area contributed by atoms with Gasteiger partial charge in [-0.05, 0) is 36.1 Å². The van der Waals surface area contributed by atoms with Crippen LogP contribution < -0.4 is 10.6 Å². The molecule has 3 rings (SSSR count). The van der Waals surface area contributed by atoms with Crippen LogP contribution in [0.25, 0.3) is 0 Å². The Morgan fingerprint density at radius 3 is 2.48 bits per heavy atom. The maximum atomic E-state index is 6.08. The van der Waals surface area contributed by atoms with Crippen LogP contribution in [-0.2, 0) is 0 Å². The molecule has 1 aliphatic heterocycles. The highest BCUT2D eigenvalue weighted by Gasteiger charge is 2.23. The number of nitrogens with two attached hydrogens (primary N) is 1. The Bertz CT molecular complexity index is 562. The van der Waals surface area contributed by atoms with Crippen LogP contribution in [-0.4, -0.2) is 13.1 Å². The molecular formula is C19H24N2. The van der Waals surface area contributed by atoms with Crippen molar-refractivity contribution in [1.82, 2.24) is 0 Å². The van der Waals surface area contributed by atoms with E-state index in [1.165, 1.54) is 23.2 Å². The normalized spacial score (nSPS) is 19.7. The molecule has 1 saturated heterocycles. The van der Waals surface area contributed by atoms with Crippen LogP contribution in [0.3, 0.4) is 0 Å². The first-order valence-electron chi connectivity index (χ1n) is 7.93. The van der Waals surface area contributed by atoms with Gasteiger partial charge in [0.2, 0.25) is 0 Å². The van der Waals surface area contributed by atoms with Gasteiger partial charge in [0.05, 0.1) is 0 Å². The Morgan fingerprint density at radius 2 is 1.81 bits per heavy atom. The van der Waals surface area contributed by atoms with Crippen LogP contribution in [0.1, 0.15) is 42.9 Å². The molecular weight excluding hydrogens is 256 g/mol. The van der Waals surface area contributed by atoms with Crippen LogP contribution in [0.4, 0.5) is 5.69 Å². The van der Waals surface area contributed by atoms with Crippen molar-refractivity contribution in [2.24, 2.45) is 5.73 Å². The summed E-state index contributed by atoms with van der Waals surface area (Å²) in [4.78, 5) is 2.49. The fourth-order valence-electron chi connectivity index (χ4n) is 3.16. The van der Waals surface area contributed by atoms with Crippen molar-refractivity contribution in [2.75, 3.05) is 18.0 Å². The van der Waals surface area contributed by atoms with Crippen LogP contribution >= 0.6 is 0 Å². The number of hydrogen-bond acceptors (Lipinski definition) is 2. The van der Waals surface area contributed by atoms with Gasteiger partial charge in [0.15, 0.2) is 0 Å². The van der Waals surface area contributed by atoms with Gasteiger partial charge in [0.1, 0.15) is 0 Å². The highest BCUT2D eigenvalue weighted by Crippen LogP contribution is 2.31. The second-order valence-electron chi connectivity index (χ2n) is 5.95. The van der Waals surface area contributed by atoms with E-state index in [-0.39, 0.29) is 6.04 Å². The molecule has 1 fully saturated rings. The minimum Gasteiger partial charge on any atom is -0.371 e. The number of hydrogen-bond donors (Lipinski definition) is 1. The SMILES string of the molecule is CC[C@@H](N)c1ccc(N2CCC(c3ccccc3)C2)cc1. The molecule has 2 aromatic carbocycles. The third-order valence-corrected chi connectivity index (χ3v) is 4.59. The van der Waals surface area contributed by atoms with Crippen molar-refractivity contribution in [2.45, 2.75) is 31.7 Å². The van der Waals surface area contributed by atoms with Gasteiger partial charge in [-0.3, -0.25) is 0 Å². The van der Waals surface area contributed by atoms with E-state index < -0.39 is 0 Å². The Hall–Kier alpha value is -1.80. The summed E-state index contributed by atoms with van der Waals surface area (Å²) in [6, 6.07) is 19.8. The van der Waals surface area contributed by atoms with E-state index in [2.05, 4.69) is 66.4 Å². The minimum atomic E-state index is 0.162. The molecule has 0 radical (unpaired) electrons. The van der Waals surface area contributed by atoms with E-state index in [1.54, 1.807) is 0 Å². The molecule has 0 aliphatic carbocycles. The molecule has 2 heteroatoms. The first kappa shape index (κ1) is 14.2. The van der Waals surface area contributed by atoms with E-state index in [4.69, 9.17) is 5.73 Å². The molecule has 1 aliphatic rings. The van der Waals surface area contributed by atoms with Gasteiger partial charge in [-0.1, -0.05) is 49.4 Å². The summed E-state index contributed by atoms with van der Waals surface area (Å²) in [5, 5.41) is 0. The molecule has 0 amide bonds. The van der Waals surface area contributed by atoms with Crippen molar-refractivity contribution in [3.63, 3.8) is 0 Å². The van der Waals surface area contributed by atoms with Gasteiger partial charge in [-0.15, -0.1) is 0 Å². The zero-order valence-electron chi connectivity index (χ0n) is 12.7. The van der Waals surface area contributed by atoms with Crippen LogP contribution in [0.5, 0.6) is 0 Å². The number of benzene rings is 2. The van der Waals surface area contributed by atoms with Crippen molar-refractivity contribution in [3.05, 3.63) is 65.7 Å². The maximum Gasteiger partial charge on any atom is 0.0366 e. The van der Waals surface area contributed by atoms with Gasteiger partial charge in [0, 0.05) is 30.7 Å². The molecule has 0 spiro atoms. The first-order valence-corrected chi connectivity index (χ1v) is 7.93. The van der Waals surface area contributed by atoms with Crippen LogP contribution in [0.2, 0.25) is 0 Å². The fourth-order valence-corrected chi connectivity index (χ4v) is 3.16. The molecule has 1 unspecified atom stereocenters. The molecule has 2 nitrogen and oxygen atoms in total. The third-order valence-electron chi connectivity index (χ3n) is 4.59. The fraction of sp³-hybridized carbons (Fsp3) is 0.368. The van der Waals surface area contributed by atoms with E-state index in [0.717, 1.165) is 19.5 Å². The molecule has 0 bridgehead atoms. The zero-order chi connectivity index (χ0) is 14.7. The topological polar surface area (TPSA) is 29.3 Å². The Morgan fingerprint density at radius 1 is 1.10 bits per heavy atom. The third kappa shape index (κ3) is 3.11. The number of nitrogens with zero attached hydrogens (tertiary/aromatic N) is 1. The van der Waals surface area contributed by atoms with Gasteiger partial charge < -0.3 is 10.6 Å². The van der Waals surface area contributed by atoms with Crippen LogP contribution in [0.15, 0.2) is 54.6 Å². The van der Waals surface area contributed by atoms with Crippen molar-refractivity contribution in [1.29, 1.82) is 0 Å². The minimum absolute atomic E-state index is 0.162. The smallest absolute Gasteiger partial charge is 0.0366 e. The standard InChI is InChI=1S/C19H24N2/c1-2-19(20)16-8-10-18(11-9-16)21-13-12-17(14-21)15-6-4-3-5-7-15/h3-11,17,19H,2,12-14,20H2,1H3/t17?,19-/m1/s1. The molecule has 0 saturated carbocycles. The molecule has 1 heterocycles. The summed E-state index contributed by atoms with van der Waals surface area (Å²) in [5.74, 6) is 0.656. The summed E-state index contributed by atoms with van der Waals surface area (Å²) < 4.78 is 0. The van der Waals surface area contributed by atoms with E-state index >= 15 is 0 Å². The van der Waals surface area contributed by atoms with Crippen molar-refractivity contribution in [3.8, 4) is 0 Å². The highest BCUT2D eigenvalue weighted by molar-refractivity contribution is 5.50. The van der Waals surface area contributed by atoms with E-state index in [1.807, 2.05) is 0 Å². The number of rotatable bonds is 4. The Balaban J connectivity index is 1.69. The van der Waals surface area contributed by atoms with Crippen LogP contribution in [0, 0.1) is 0 Å². The van der Waals surface area contributed by atoms with Crippen molar-refractivity contribution >= 4 is 5.69 Å². The Labute approximate surface area is 127 Å². The Kier molecular flexibility index (Phi) is 4.26. The van der Waals surface area contributed by atoms with E-state index in [9.17, 15) is 0 Å². The van der Waals surface area contributed by atoms with Crippen molar-refractivity contribution < 1.29 is 0 Å². The average molecular weight is 280 g/mol. The second-order valence-corrected chi connectivity index (χ2v) is 5.95. The molecule has 21 heavy (non-hydrogen) atoms. The highest BCUT2D eigenvalue weighted by atomic mass is 15.1. The largest absolute Gasteiger partial charge is 0.371 e. The lowest BCUT2D eigenvalue weighted by molar-refractivity contribution is 0.698. The number of anilines is 1. The molecule has 2 aromatic rings. The summed E-state index contributed by atoms with van der Waals surface area (Å²) in [6.07, 6.45) is 2.22. The summed E-state index contributed by atoms with van der Waals surface area (Å²) in [6.45, 7) is 4.38. The maximum absolute atomic E-state index is 6.08. The lowest BCUT2D eigenvalue weighted by atomic mass is 9.99. The predicted molar refractivity (Wildman–Crippen MR) is 89.7 cm³/mol. The lowest BCUT2D eigenvalue weighted by Gasteiger charge is -2.20. The summed E-state index contributed by atoms with van der Waals surface area (Å²) >= 11 is 0. The molecule has 2 N–H and O–H groups in total. The van der Waals surface area contributed by atoms with Gasteiger partial charge in [-0.2, -0.15) is 0 Å². The lowest BCUT2D eigenvalue weighted by Crippen LogP contribution is -2.19.